The number of methoxy groups -OCH3 is 1. The Balaban J connectivity index is 1.94. The summed E-state index contributed by atoms with van der Waals surface area (Å²) in [6.07, 6.45) is 4.54. The SMILES string of the molecule is CO[C@H]1CCOC2(CCN(N)CC2)C1. The summed E-state index contributed by atoms with van der Waals surface area (Å²) in [5.41, 5.74) is 0.0643. The van der Waals surface area contributed by atoms with Crippen molar-refractivity contribution in [3.05, 3.63) is 0 Å². The molecule has 0 bridgehead atoms. The molecule has 0 aromatic rings. The summed E-state index contributed by atoms with van der Waals surface area (Å²) in [5, 5.41) is 1.88. The van der Waals surface area contributed by atoms with Gasteiger partial charge < -0.3 is 9.47 Å². The van der Waals surface area contributed by atoms with Gasteiger partial charge in [0.05, 0.1) is 11.7 Å². The highest BCUT2D eigenvalue weighted by molar-refractivity contribution is 4.91. The van der Waals surface area contributed by atoms with Crippen LogP contribution in [0.4, 0.5) is 0 Å². The van der Waals surface area contributed by atoms with E-state index in [9.17, 15) is 0 Å². The number of nitrogens with two attached hydrogens (primary N) is 1. The normalized spacial score (nSPS) is 33.4. The quantitative estimate of drug-likeness (QED) is 0.627. The topological polar surface area (TPSA) is 47.7 Å². The smallest absolute Gasteiger partial charge is 0.0732 e. The fraction of sp³-hybridized carbons (Fsp3) is 1.00. The largest absolute Gasteiger partial charge is 0.381 e. The van der Waals surface area contributed by atoms with Gasteiger partial charge in [0.25, 0.3) is 0 Å². The van der Waals surface area contributed by atoms with E-state index >= 15 is 0 Å². The molecule has 0 saturated carbocycles. The molecule has 0 unspecified atom stereocenters. The summed E-state index contributed by atoms with van der Waals surface area (Å²) in [6, 6.07) is 0. The van der Waals surface area contributed by atoms with Crippen molar-refractivity contribution in [2.45, 2.75) is 37.4 Å². The zero-order valence-corrected chi connectivity index (χ0v) is 8.87. The molecular formula is C10H20N2O2. The highest BCUT2D eigenvalue weighted by Gasteiger charge is 2.39. The summed E-state index contributed by atoms with van der Waals surface area (Å²) in [6.45, 7) is 2.72. The number of rotatable bonds is 1. The Morgan fingerprint density at radius 1 is 1.43 bits per heavy atom. The zero-order chi connectivity index (χ0) is 10.0. The lowest BCUT2D eigenvalue weighted by Crippen LogP contribution is -2.52. The lowest BCUT2D eigenvalue weighted by atomic mass is 9.84. The van der Waals surface area contributed by atoms with Gasteiger partial charge in [-0.3, -0.25) is 5.84 Å². The average Bonchev–Trinajstić information content (AvgIpc) is 2.23. The number of piperidine rings is 1. The average molecular weight is 200 g/mol. The minimum Gasteiger partial charge on any atom is -0.381 e. The Hall–Kier alpha value is -0.160. The van der Waals surface area contributed by atoms with Crippen molar-refractivity contribution in [2.75, 3.05) is 26.8 Å². The molecule has 4 heteroatoms. The van der Waals surface area contributed by atoms with E-state index in [-0.39, 0.29) is 5.60 Å². The highest BCUT2D eigenvalue weighted by Crippen LogP contribution is 2.35. The first-order valence-corrected chi connectivity index (χ1v) is 5.40. The molecule has 0 aliphatic carbocycles. The summed E-state index contributed by atoms with van der Waals surface area (Å²) >= 11 is 0. The summed E-state index contributed by atoms with van der Waals surface area (Å²) < 4.78 is 11.3. The fourth-order valence-electron chi connectivity index (χ4n) is 2.46. The zero-order valence-electron chi connectivity index (χ0n) is 8.87. The molecule has 2 aliphatic rings. The van der Waals surface area contributed by atoms with E-state index < -0.39 is 0 Å². The fourth-order valence-corrected chi connectivity index (χ4v) is 2.46. The van der Waals surface area contributed by atoms with Gasteiger partial charge >= 0.3 is 0 Å². The molecule has 0 aromatic carbocycles. The maximum Gasteiger partial charge on any atom is 0.0732 e. The maximum atomic E-state index is 5.92. The molecule has 82 valence electrons. The van der Waals surface area contributed by atoms with Gasteiger partial charge in [-0.25, -0.2) is 5.01 Å². The third-order valence-electron chi connectivity index (χ3n) is 3.49. The van der Waals surface area contributed by atoms with E-state index in [2.05, 4.69) is 0 Å². The second-order valence-corrected chi connectivity index (χ2v) is 4.42. The van der Waals surface area contributed by atoms with Crippen LogP contribution in [0.15, 0.2) is 0 Å². The van der Waals surface area contributed by atoms with Crippen LogP contribution in [0.25, 0.3) is 0 Å². The van der Waals surface area contributed by atoms with E-state index in [4.69, 9.17) is 15.3 Å². The Morgan fingerprint density at radius 2 is 2.14 bits per heavy atom. The molecule has 0 aromatic heterocycles. The predicted molar refractivity (Wildman–Crippen MR) is 53.7 cm³/mol. The van der Waals surface area contributed by atoms with Crippen LogP contribution in [-0.2, 0) is 9.47 Å². The van der Waals surface area contributed by atoms with Gasteiger partial charge in [-0.1, -0.05) is 0 Å². The molecule has 1 atom stereocenters. The molecule has 0 radical (unpaired) electrons. The van der Waals surface area contributed by atoms with Gasteiger partial charge in [-0.05, 0) is 19.3 Å². The van der Waals surface area contributed by atoms with E-state index in [1.165, 1.54) is 0 Å². The minimum absolute atomic E-state index is 0.0643. The Bertz CT molecular complexity index is 191. The second-order valence-electron chi connectivity index (χ2n) is 4.42. The number of nitrogens with zero attached hydrogens (tertiary/aromatic N) is 1. The van der Waals surface area contributed by atoms with Gasteiger partial charge in [0.2, 0.25) is 0 Å². The third kappa shape index (κ3) is 2.08. The lowest BCUT2D eigenvalue weighted by molar-refractivity contribution is -0.149. The van der Waals surface area contributed by atoms with Crippen LogP contribution in [0.1, 0.15) is 25.7 Å². The third-order valence-corrected chi connectivity index (χ3v) is 3.49. The molecule has 2 rings (SSSR count). The molecule has 14 heavy (non-hydrogen) atoms. The number of ether oxygens (including phenoxy) is 2. The van der Waals surface area contributed by atoms with Crippen molar-refractivity contribution >= 4 is 0 Å². The van der Waals surface area contributed by atoms with E-state index in [0.717, 1.165) is 45.4 Å². The first-order chi connectivity index (χ1) is 6.74. The van der Waals surface area contributed by atoms with Crippen LogP contribution in [0.3, 0.4) is 0 Å². The van der Waals surface area contributed by atoms with Gasteiger partial charge in [-0.2, -0.15) is 0 Å². The second kappa shape index (κ2) is 4.14. The Morgan fingerprint density at radius 3 is 2.79 bits per heavy atom. The van der Waals surface area contributed by atoms with Gasteiger partial charge in [0.1, 0.15) is 0 Å². The molecule has 2 fully saturated rings. The molecule has 2 N–H and O–H groups in total. The number of hydrazine groups is 1. The van der Waals surface area contributed by atoms with Crippen LogP contribution in [0, 0.1) is 0 Å². The van der Waals surface area contributed by atoms with Crippen LogP contribution in [-0.4, -0.2) is 43.5 Å². The van der Waals surface area contributed by atoms with Crippen molar-refractivity contribution in [2.24, 2.45) is 5.84 Å². The first-order valence-electron chi connectivity index (χ1n) is 5.40. The van der Waals surface area contributed by atoms with Crippen molar-refractivity contribution in [1.82, 2.24) is 5.01 Å². The summed E-state index contributed by atoms with van der Waals surface area (Å²) in [5.74, 6) is 5.74. The van der Waals surface area contributed by atoms with Crippen molar-refractivity contribution in [1.29, 1.82) is 0 Å². The number of hydrogen-bond acceptors (Lipinski definition) is 4. The number of hydrogen-bond donors (Lipinski definition) is 1. The Labute approximate surface area is 85.3 Å². The van der Waals surface area contributed by atoms with Crippen LogP contribution >= 0.6 is 0 Å². The predicted octanol–water partition coefficient (Wildman–Crippen LogP) is 0.520. The monoisotopic (exact) mass is 200 g/mol. The maximum absolute atomic E-state index is 5.92. The van der Waals surface area contributed by atoms with Crippen LogP contribution in [0.2, 0.25) is 0 Å². The molecular weight excluding hydrogens is 180 g/mol. The van der Waals surface area contributed by atoms with Crippen LogP contribution < -0.4 is 5.84 Å². The minimum atomic E-state index is 0.0643. The van der Waals surface area contributed by atoms with Gasteiger partial charge in [0, 0.05) is 33.2 Å². The van der Waals surface area contributed by atoms with Crippen LogP contribution in [0.5, 0.6) is 0 Å². The van der Waals surface area contributed by atoms with E-state index in [1.807, 2.05) is 5.01 Å². The molecule has 2 aliphatic heterocycles. The standard InChI is InChI=1S/C10H20N2O2/c1-13-9-2-7-14-10(8-9)3-5-12(11)6-4-10/h9H,2-8,11H2,1H3/t9-/m0/s1. The summed E-state index contributed by atoms with van der Waals surface area (Å²) in [4.78, 5) is 0. The first kappa shape index (κ1) is 10.4. The molecule has 0 amide bonds. The van der Waals surface area contributed by atoms with Crippen molar-refractivity contribution < 1.29 is 9.47 Å². The van der Waals surface area contributed by atoms with Crippen molar-refractivity contribution in [3.63, 3.8) is 0 Å². The van der Waals surface area contributed by atoms with E-state index in [1.54, 1.807) is 7.11 Å². The summed E-state index contributed by atoms with van der Waals surface area (Å²) in [7, 11) is 1.79. The molecule has 2 heterocycles. The van der Waals surface area contributed by atoms with E-state index in [0.29, 0.717) is 6.10 Å². The Kier molecular flexibility index (Phi) is 3.07. The highest BCUT2D eigenvalue weighted by atomic mass is 16.5. The molecule has 2 saturated heterocycles. The molecule has 4 nitrogen and oxygen atoms in total. The molecule has 1 spiro atoms. The van der Waals surface area contributed by atoms with Crippen molar-refractivity contribution in [3.8, 4) is 0 Å². The lowest BCUT2D eigenvalue weighted by Gasteiger charge is -2.44. The van der Waals surface area contributed by atoms with Gasteiger partial charge in [-0.15, -0.1) is 0 Å². The van der Waals surface area contributed by atoms with Gasteiger partial charge in [0.15, 0.2) is 0 Å².